The van der Waals surface area contributed by atoms with Gasteiger partial charge in [0.2, 0.25) is 5.91 Å². The lowest BCUT2D eigenvalue weighted by Gasteiger charge is -1.92. The summed E-state index contributed by atoms with van der Waals surface area (Å²) in [5.74, 6) is 0.00463. The summed E-state index contributed by atoms with van der Waals surface area (Å²) in [6, 6.07) is 16.7. The van der Waals surface area contributed by atoms with Gasteiger partial charge in [0, 0.05) is 14.0 Å². The van der Waals surface area contributed by atoms with Crippen LogP contribution in [-0.4, -0.2) is 13.0 Å². The largest absolute Gasteiger partial charge is 0.359 e. The lowest BCUT2D eigenvalue weighted by Crippen LogP contribution is -2.11. The Bertz CT molecular complexity index is 372. The van der Waals surface area contributed by atoms with Gasteiger partial charge in [-0.3, -0.25) is 4.79 Å². The Morgan fingerprint density at radius 3 is 1.16 bits per heavy atom. The van der Waals surface area contributed by atoms with E-state index in [9.17, 15) is 4.79 Å². The van der Waals surface area contributed by atoms with Gasteiger partial charge in [-0.05, 0) is 10.8 Å². The predicted molar refractivity (Wildman–Crippen MR) is 86.4 cm³/mol. The fourth-order valence-electron chi connectivity index (χ4n) is 1.13. The van der Waals surface area contributed by atoms with E-state index in [2.05, 4.69) is 53.8 Å². The van der Waals surface area contributed by atoms with Gasteiger partial charge in [-0.2, -0.15) is 0 Å². The zero-order valence-corrected chi connectivity index (χ0v) is 13.0. The van der Waals surface area contributed by atoms with Crippen LogP contribution in [0.3, 0.4) is 0 Å². The van der Waals surface area contributed by atoms with Crippen molar-refractivity contribution in [2.24, 2.45) is 0 Å². The van der Waals surface area contributed by atoms with Gasteiger partial charge in [-0.1, -0.05) is 76.2 Å². The van der Waals surface area contributed by atoms with Crippen molar-refractivity contribution >= 4 is 16.7 Å². The molecule has 0 atom stereocenters. The molecule has 0 spiro atoms. The molecule has 2 heteroatoms. The highest BCUT2D eigenvalue weighted by Gasteiger charge is 1.85. The smallest absolute Gasteiger partial charge is 0.216 e. The van der Waals surface area contributed by atoms with Gasteiger partial charge in [-0.25, -0.2) is 0 Å². The Morgan fingerprint density at radius 1 is 0.789 bits per heavy atom. The summed E-state index contributed by atoms with van der Waals surface area (Å²) in [5.41, 5.74) is 0. The van der Waals surface area contributed by atoms with Gasteiger partial charge in [0.1, 0.15) is 0 Å². The second kappa shape index (κ2) is 14.2. The third kappa shape index (κ3) is 9.83. The molecule has 0 saturated carbocycles. The summed E-state index contributed by atoms with van der Waals surface area (Å²) in [7, 11) is 1.60. The summed E-state index contributed by atoms with van der Waals surface area (Å²) in [4.78, 5) is 9.70. The van der Waals surface area contributed by atoms with Crippen molar-refractivity contribution in [3.63, 3.8) is 0 Å². The van der Waals surface area contributed by atoms with Gasteiger partial charge in [-0.15, -0.1) is 0 Å². The second-order valence-corrected chi connectivity index (χ2v) is 3.15. The van der Waals surface area contributed by atoms with Crippen LogP contribution in [0.1, 0.15) is 34.6 Å². The Morgan fingerprint density at radius 2 is 1.00 bits per heavy atom. The van der Waals surface area contributed by atoms with Crippen molar-refractivity contribution in [1.29, 1.82) is 0 Å². The predicted octanol–water partition coefficient (Wildman–Crippen LogP) is 4.64. The first-order chi connectivity index (χ1) is 9.24. The van der Waals surface area contributed by atoms with Gasteiger partial charge >= 0.3 is 0 Å². The Hall–Kier alpha value is -1.83. The molecule has 0 saturated heterocycles. The molecule has 0 aromatic heterocycles. The van der Waals surface area contributed by atoms with Crippen molar-refractivity contribution in [1.82, 2.24) is 5.32 Å². The average Bonchev–Trinajstić information content (AvgIpc) is 2.52. The van der Waals surface area contributed by atoms with Gasteiger partial charge in [0.05, 0.1) is 0 Å². The molecule has 0 heterocycles. The minimum atomic E-state index is 0.00463. The molecule has 2 aromatic rings. The molecular formula is C17H27NO. The lowest BCUT2D eigenvalue weighted by atomic mass is 10.1. The molecule has 2 nitrogen and oxygen atoms in total. The molecule has 0 radical (unpaired) electrons. The van der Waals surface area contributed by atoms with Gasteiger partial charge in [0.25, 0.3) is 0 Å². The van der Waals surface area contributed by atoms with E-state index >= 15 is 0 Å². The van der Waals surface area contributed by atoms with Crippen molar-refractivity contribution < 1.29 is 4.79 Å². The molecule has 2 rings (SSSR count). The minimum Gasteiger partial charge on any atom is -0.359 e. The first-order valence-electron chi connectivity index (χ1n) is 6.86. The van der Waals surface area contributed by atoms with E-state index in [1.165, 1.54) is 17.7 Å². The van der Waals surface area contributed by atoms with E-state index in [1.807, 2.05) is 27.7 Å². The number of amides is 1. The first-order valence-corrected chi connectivity index (χ1v) is 6.86. The molecule has 1 N–H and O–H groups in total. The van der Waals surface area contributed by atoms with Crippen LogP contribution in [-0.2, 0) is 4.79 Å². The molecule has 0 aliphatic heterocycles. The molecule has 0 bridgehead atoms. The summed E-state index contributed by atoms with van der Waals surface area (Å²) in [5, 5.41) is 5.01. The van der Waals surface area contributed by atoms with E-state index in [-0.39, 0.29) is 5.91 Å². The monoisotopic (exact) mass is 261 g/mol. The number of nitrogens with one attached hydrogen (secondary N) is 1. The molecular weight excluding hydrogens is 234 g/mol. The van der Waals surface area contributed by atoms with Crippen molar-refractivity contribution in [2.75, 3.05) is 7.05 Å². The molecule has 106 valence electrons. The second-order valence-electron chi connectivity index (χ2n) is 3.15. The maximum absolute atomic E-state index is 9.70. The average molecular weight is 261 g/mol. The molecule has 2 aromatic carbocycles. The zero-order chi connectivity index (χ0) is 15.1. The number of carbonyl (C=O) groups excluding carboxylic acids is 1. The fraction of sp³-hybridized carbons (Fsp3) is 0.353. The van der Waals surface area contributed by atoms with Crippen LogP contribution in [0.25, 0.3) is 10.8 Å². The third-order valence-electron chi connectivity index (χ3n) is 2.01. The highest BCUT2D eigenvalue weighted by molar-refractivity contribution is 5.82. The number of hydrogen-bond acceptors (Lipinski definition) is 1. The van der Waals surface area contributed by atoms with E-state index in [0.717, 1.165) is 0 Å². The Balaban J connectivity index is 0. The minimum absolute atomic E-state index is 0.00463. The van der Waals surface area contributed by atoms with Crippen LogP contribution in [0.2, 0.25) is 0 Å². The number of carbonyl (C=O) groups is 1. The quantitative estimate of drug-likeness (QED) is 0.735. The van der Waals surface area contributed by atoms with E-state index in [4.69, 9.17) is 0 Å². The number of fused-ring (bicyclic) bond motifs is 1. The normalized spacial score (nSPS) is 7.68. The molecule has 0 aliphatic rings. The first kappa shape index (κ1) is 19.5. The highest BCUT2D eigenvalue weighted by atomic mass is 16.1. The SMILES string of the molecule is CC.CC.CNC(C)=O.c1ccc2ccccc2c1. The number of hydrogen-bond donors (Lipinski definition) is 1. The van der Waals surface area contributed by atoms with Gasteiger partial charge in [0.15, 0.2) is 0 Å². The lowest BCUT2D eigenvalue weighted by molar-refractivity contribution is -0.118. The van der Waals surface area contributed by atoms with E-state index in [1.54, 1.807) is 7.05 Å². The zero-order valence-electron chi connectivity index (χ0n) is 13.0. The van der Waals surface area contributed by atoms with Crippen molar-refractivity contribution in [3.05, 3.63) is 48.5 Å². The molecule has 0 unspecified atom stereocenters. The maximum Gasteiger partial charge on any atom is 0.216 e. The molecule has 1 amide bonds. The topological polar surface area (TPSA) is 29.1 Å². The van der Waals surface area contributed by atoms with Crippen LogP contribution < -0.4 is 5.32 Å². The van der Waals surface area contributed by atoms with E-state index < -0.39 is 0 Å². The van der Waals surface area contributed by atoms with Crippen LogP contribution in [0.15, 0.2) is 48.5 Å². The van der Waals surface area contributed by atoms with E-state index in [0.29, 0.717) is 0 Å². The maximum atomic E-state index is 9.70. The fourth-order valence-corrected chi connectivity index (χ4v) is 1.13. The van der Waals surface area contributed by atoms with Crippen molar-refractivity contribution in [2.45, 2.75) is 34.6 Å². The van der Waals surface area contributed by atoms with Crippen LogP contribution in [0.4, 0.5) is 0 Å². The van der Waals surface area contributed by atoms with Crippen LogP contribution in [0, 0.1) is 0 Å². The summed E-state index contributed by atoms with van der Waals surface area (Å²) < 4.78 is 0. The Kier molecular flexibility index (Phi) is 14.6. The summed E-state index contributed by atoms with van der Waals surface area (Å²) in [6.45, 7) is 9.47. The molecule has 0 aliphatic carbocycles. The molecule has 19 heavy (non-hydrogen) atoms. The third-order valence-corrected chi connectivity index (χ3v) is 2.01. The van der Waals surface area contributed by atoms with Crippen molar-refractivity contribution in [3.8, 4) is 0 Å². The molecule has 0 fully saturated rings. The Labute approximate surface area is 117 Å². The number of rotatable bonds is 0. The van der Waals surface area contributed by atoms with Crippen LogP contribution >= 0.6 is 0 Å². The van der Waals surface area contributed by atoms with Gasteiger partial charge < -0.3 is 5.32 Å². The van der Waals surface area contributed by atoms with Crippen LogP contribution in [0.5, 0.6) is 0 Å². The highest BCUT2D eigenvalue weighted by Crippen LogP contribution is 2.11. The summed E-state index contributed by atoms with van der Waals surface area (Å²) >= 11 is 0. The standard InChI is InChI=1S/C10H8.C3H7NO.2C2H6/c1-2-6-10-8-4-3-7-9(10)5-1;1-3(5)4-2;2*1-2/h1-8H;1-2H3,(H,4,5);2*1-2H3. The summed E-state index contributed by atoms with van der Waals surface area (Å²) in [6.07, 6.45) is 0. The number of benzene rings is 2.